The monoisotopic (exact) mass is 288 g/mol. The molecule has 0 bridgehead atoms. The maximum atomic E-state index is 12.3. The second kappa shape index (κ2) is 6.61. The molecular weight excluding hydrogens is 260 g/mol. The molecule has 0 saturated carbocycles. The number of likely N-dealkylation sites (tertiary alicyclic amines) is 1. The second-order valence-corrected chi connectivity index (χ2v) is 7.09. The maximum absolute atomic E-state index is 12.3. The third-order valence-electron chi connectivity index (χ3n) is 4.34. The van der Waals surface area contributed by atoms with Gasteiger partial charge in [-0.25, -0.2) is 0 Å². The van der Waals surface area contributed by atoms with Crippen molar-refractivity contribution in [2.75, 3.05) is 18.4 Å². The van der Waals surface area contributed by atoms with E-state index in [9.17, 15) is 4.79 Å². The van der Waals surface area contributed by atoms with Gasteiger partial charge in [0.25, 0.3) is 0 Å². The van der Waals surface area contributed by atoms with Gasteiger partial charge in [-0.3, -0.25) is 9.69 Å². The first kappa shape index (κ1) is 16.0. The standard InChI is InChI=1S/C18H28N2O/c1-14(20-12-6-5-7-13-20)17(21)19-16-10-8-15(9-11-16)18(2,3)4/h8-11,14H,5-7,12-13H2,1-4H3,(H,19,21). The van der Waals surface area contributed by atoms with E-state index in [2.05, 4.69) is 43.1 Å². The van der Waals surface area contributed by atoms with E-state index in [4.69, 9.17) is 0 Å². The molecule has 1 aliphatic heterocycles. The Morgan fingerprint density at radius 2 is 1.67 bits per heavy atom. The average molecular weight is 288 g/mol. The van der Waals surface area contributed by atoms with Crippen molar-refractivity contribution in [1.29, 1.82) is 0 Å². The van der Waals surface area contributed by atoms with Crippen molar-refractivity contribution in [3.05, 3.63) is 29.8 Å². The number of nitrogens with zero attached hydrogens (tertiary/aromatic N) is 1. The number of hydrogen-bond acceptors (Lipinski definition) is 2. The van der Waals surface area contributed by atoms with Crippen LogP contribution in [0, 0.1) is 0 Å². The summed E-state index contributed by atoms with van der Waals surface area (Å²) < 4.78 is 0. The summed E-state index contributed by atoms with van der Waals surface area (Å²) in [7, 11) is 0. The van der Waals surface area contributed by atoms with Crippen molar-refractivity contribution < 1.29 is 4.79 Å². The fourth-order valence-corrected chi connectivity index (χ4v) is 2.77. The molecule has 1 atom stereocenters. The number of benzene rings is 1. The Morgan fingerprint density at radius 3 is 2.19 bits per heavy atom. The molecule has 3 nitrogen and oxygen atoms in total. The van der Waals surface area contributed by atoms with Crippen LogP contribution in [0.2, 0.25) is 0 Å². The lowest BCUT2D eigenvalue weighted by molar-refractivity contribution is -0.121. The Morgan fingerprint density at radius 1 is 1.10 bits per heavy atom. The van der Waals surface area contributed by atoms with Crippen molar-refractivity contribution in [2.45, 2.75) is 58.4 Å². The van der Waals surface area contributed by atoms with Crippen LogP contribution in [0.5, 0.6) is 0 Å². The molecular formula is C18H28N2O. The molecule has 1 N–H and O–H groups in total. The van der Waals surface area contributed by atoms with Gasteiger partial charge in [0, 0.05) is 5.69 Å². The van der Waals surface area contributed by atoms with E-state index in [0.29, 0.717) is 0 Å². The molecule has 1 amide bonds. The molecule has 0 aromatic heterocycles. The number of piperidine rings is 1. The second-order valence-electron chi connectivity index (χ2n) is 7.09. The van der Waals surface area contributed by atoms with Crippen molar-refractivity contribution in [3.8, 4) is 0 Å². The maximum Gasteiger partial charge on any atom is 0.241 e. The van der Waals surface area contributed by atoms with Crippen LogP contribution in [0.25, 0.3) is 0 Å². The lowest BCUT2D eigenvalue weighted by atomic mass is 9.87. The highest BCUT2D eigenvalue weighted by Gasteiger charge is 2.22. The van der Waals surface area contributed by atoms with Gasteiger partial charge in [0.15, 0.2) is 0 Å². The number of hydrogen-bond donors (Lipinski definition) is 1. The smallest absolute Gasteiger partial charge is 0.241 e. The molecule has 3 heteroatoms. The lowest BCUT2D eigenvalue weighted by Gasteiger charge is -2.31. The van der Waals surface area contributed by atoms with Gasteiger partial charge >= 0.3 is 0 Å². The highest BCUT2D eigenvalue weighted by molar-refractivity contribution is 5.94. The van der Waals surface area contributed by atoms with E-state index in [1.165, 1.54) is 24.8 Å². The SMILES string of the molecule is CC(C(=O)Nc1ccc(C(C)(C)C)cc1)N1CCCCC1. The van der Waals surface area contributed by atoms with Crippen molar-refractivity contribution in [2.24, 2.45) is 0 Å². The zero-order valence-electron chi connectivity index (χ0n) is 13.8. The van der Waals surface area contributed by atoms with Crippen LogP contribution >= 0.6 is 0 Å². The van der Waals surface area contributed by atoms with Gasteiger partial charge in [-0.05, 0) is 56.0 Å². The molecule has 1 aliphatic rings. The summed E-state index contributed by atoms with van der Waals surface area (Å²) in [6.07, 6.45) is 3.70. The van der Waals surface area contributed by atoms with E-state index in [0.717, 1.165) is 18.8 Å². The van der Waals surface area contributed by atoms with Gasteiger partial charge in [0.2, 0.25) is 5.91 Å². The van der Waals surface area contributed by atoms with Crippen LogP contribution in [0.4, 0.5) is 5.69 Å². The van der Waals surface area contributed by atoms with Crippen LogP contribution in [-0.4, -0.2) is 29.9 Å². The fraction of sp³-hybridized carbons (Fsp3) is 0.611. The molecule has 0 radical (unpaired) electrons. The summed E-state index contributed by atoms with van der Waals surface area (Å²) in [6, 6.07) is 8.15. The van der Waals surface area contributed by atoms with E-state index >= 15 is 0 Å². The largest absolute Gasteiger partial charge is 0.325 e. The number of amides is 1. The van der Waals surface area contributed by atoms with Crippen LogP contribution in [0.15, 0.2) is 24.3 Å². The topological polar surface area (TPSA) is 32.3 Å². The summed E-state index contributed by atoms with van der Waals surface area (Å²) in [5.41, 5.74) is 2.31. The van der Waals surface area contributed by atoms with Crippen molar-refractivity contribution in [1.82, 2.24) is 4.90 Å². The first-order valence-electron chi connectivity index (χ1n) is 8.03. The Balaban J connectivity index is 1.95. The normalized spacial score (nSPS) is 18.3. The minimum atomic E-state index is -0.0485. The first-order valence-corrected chi connectivity index (χ1v) is 8.03. The number of nitrogens with one attached hydrogen (secondary N) is 1. The molecule has 1 saturated heterocycles. The third-order valence-corrected chi connectivity index (χ3v) is 4.34. The highest BCUT2D eigenvalue weighted by Crippen LogP contribution is 2.23. The first-order chi connectivity index (χ1) is 9.88. The molecule has 2 rings (SSSR count). The summed E-state index contributed by atoms with van der Waals surface area (Å²) in [4.78, 5) is 14.6. The molecule has 1 aromatic rings. The zero-order chi connectivity index (χ0) is 15.5. The molecule has 1 aromatic carbocycles. The Bertz CT molecular complexity index is 467. The van der Waals surface area contributed by atoms with Crippen LogP contribution in [-0.2, 0) is 10.2 Å². The average Bonchev–Trinajstić information content (AvgIpc) is 2.47. The predicted molar refractivity (Wildman–Crippen MR) is 88.7 cm³/mol. The van der Waals surface area contributed by atoms with Crippen LogP contribution in [0.1, 0.15) is 52.5 Å². The minimum absolute atomic E-state index is 0.0485. The predicted octanol–water partition coefficient (Wildman–Crippen LogP) is 3.80. The molecule has 21 heavy (non-hydrogen) atoms. The number of carbonyl (C=O) groups excluding carboxylic acids is 1. The molecule has 0 spiro atoms. The number of carbonyl (C=O) groups is 1. The third kappa shape index (κ3) is 4.31. The Hall–Kier alpha value is -1.35. The molecule has 116 valence electrons. The fourth-order valence-electron chi connectivity index (χ4n) is 2.77. The van der Waals surface area contributed by atoms with Gasteiger partial charge in [-0.1, -0.05) is 39.3 Å². The molecule has 1 fully saturated rings. The summed E-state index contributed by atoms with van der Waals surface area (Å²) in [5.74, 6) is 0.0976. The van der Waals surface area contributed by atoms with Crippen LogP contribution in [0.3, 0.4) is 0 Å². The summed E-state index contributed by atoms with van der Waals surface area (Å²) >= 11 is 0. The van der Waals surface area contributed by atoms with Gasteiger partial charge in [-0.15, -0.1) is 0 Å². The van der Waals surface area contributed by atoms with Crippen molar-refractivity contribution >= 4 is 11.6 Å². The lowest BCUT2D eigenvalue weighted by Crippen LogP contribution is -2.44. The van der Waals surface area contributed by atoms with Gasteiger partial charge < -0.3 is 5.32 Å². The van der Waals surface area contributed by atoms with Gasteiger partial charge in [0.1, 0.15) is 0 Å². The Kier molecular flexibility index (Phi) is 5.04. The van der Waals surface area contributed by atoms with E-state index in [1.54, 1.807) is 0 Å². The molecule has 0 aliphatic carbocycles. The van der Waals surface area contributed by atoms with Crippen LogP contribution < -0.4 is 5.32 Å². The summed E-state index contributed by atoms with van der Waals surface area (Å²) in [6.45, 7) is 10.7. The number of rotatable bonds is 3. The zero-order valence-corrected chi connectivity index (χ0v) is 13.8. The van der Waals surface area contributed by atoms with Crippen molar-refractivity contribution in [3.63, 3.8) is 0 Å². The van der Waals surface area contributed by atoms with Gasteiger partial charge in [-0.2, -0.15) is 0 Å². The minimum Gasteiger partial charge on any atom is -0.325 e. The van der Waals surface area contributed by atoms with E-state index in [-0.39, 0.29) is 17.4 Å². The molecule has 1 unspecified atom stereocenters. The van der Waals surface area contributed by atoms with E-state index < -0.39 is 0 Å². The highest BCUT2D eigenvalue weighted by atomic mass is 16.2. The Labute approximate surface area is 128 Å². The van der Waals surface area contributed by atoms with Gasteiger partial charge in [0.05, 0.1) is 6.04 Å². The van der Waals surface area contributed by atoms with E-state index in [1.807, 2.05) is 19.1 Å². The quantitative estimate of drug-likeness (QED) is 0.917. The number of anilines is 1. The molecule has 1 heterocycles. The summed E-state index contributed by atoms with van der Waals surface area (Å²) in [5, 5.41) is 3.04.